The summed E-state index contributed by atoms with van der Waals surface area (Å²) in [6.07, 6.45) is 4.86. The third-order valence-corrected chi connectivity index (χ3v) is 4.11. The van der Waals surface area contributed by atoms with E-state index in [1.54, 1.807) is 17.4 Å². The summed E-state index contributed by atoms with van der Waals surface area (Å²) in [7, 11) is 0. The van der Waals surface area contributed by atoms with E-state index in [2.05, 4.69) is 27.2 Å². The second-order valence-electron chi connectivity index (χ2n) is 3.49. The molecule has 0 atom stereocenters. The Balaban J connectivity index is 2.03. The van der Waals surface area contributed by atoms with Gasteiger partial charge in [0.15, 0.2) is 5.16 Å². The lowest BCUT2D eigenvalue weighted by Gasteiger charge is -2.05. The summed E-state index contributed by atoms with van der Waals surface area (Å²) >= 11 is 9.10. The molecule has 0 amide bonds. The fourth-order valence-electron chi connectivity index (χ4n) is 1.34. The van der Waals surface area contributed by atoms with Crippen LogP contribution < -0.4 is 5.32 Å². The molecule has 0 aromatic carbocycles. The minimum absolute atomic E-state index is 0.449. The molecule has 0 bridgehead atoms. The molecule has 0 aliphatic heterocycles. The highest BCUT2D eigenvalue weighted by atomic mass is 35.5. The van der Waals surface area contributed by atoms with Gasteiger partial charge >= 0.3 is 0 Å². The fourth-order valence-corrected chi connectivity index (χ4v) is 2.75. The average Bonchev–Trinajstić information content (AvgIpc) is 2.83. The molecule has 0 saturated carbocycles. The number of halogens is 1. The maximum atomic E-state index is 5.92. The Labute approximate surface area is 119 Å². The molecule has 2 aromatic heterocycles. The van der Waals surface area contributed by atoms with Crippen molar-refractivity contribution in [3.8, 4) is 0 Å². The van der Waals surface area contributed by atoms with E-state index in [9.17, 15) is 0 Å². The summed E-state index contributed by atoms with van der Waals surface area (Å²) in [5, 5.41) is 5.38. The summed E-state index contributed by atoms with van der Waals surface area (Å²) in [6, 6.07) is 1.72. The van der Waals surface area contributed by atoms with Crippen molar-refractivity contribution in [2.45, 2.75) is 25.0 Å². The second-order valence-corrected chi connectivity index (χ2v) is 5.85. The number of aromatic nitrogens is 3. The third kappa shape index (κ3) is 3.57. The molecule has 1 N–H and O–H groups in total. The Morgan fingerprint density at radius 1 is 1.44 bits per heavy atom. The van der Waals surface area contributed by atoms with Crippen LogP contribution in [0.3, 0.4) is 0 Å². The van der Waals surface area contributed by atoms with Crippen molar-refractivity contribution in [3.63, 3.8) is 0 Å². The van der Waals surface area contributed by atoms with Crippen LogP contribution in [-0.4, -0.2) is 21.2 Å². The van der Waals surface area contributed by atoms with Gasteiger partial charge in [-0.1, -0.05) is 30.3 Å². The predicted octanol–water partition coefficient (Wildman–Crippen LogP) is 3.48. The van der Waals surface area contributed by atoms with Crippen LogP contribution in [0.15, 0.2) is 17.4 Å². The lowest BCUT2D eigenvalue weighted by Crippen LogP contribution is -2.02. The van der Waals surface area contributed by atoms with Gasteiger partial charge in [0.25, 0.3) is 0 Å². The molecule has 7 heteroatoms. The number of hydrogen-bond acceptors (Lipinski definition) is 6. The highest BCUT2D eigenvalue weighted by molar-refractivity contribution is 7.98. The zero-order valence-electron chi connectivity index (χ0n) is 10.1. The molecule has 0 aliphatic rings. The normalized spacial score (nSPS) is 10.6. The zero-order chi connectivity index (χ0) is 13.0. The number of thiazole rings is 1. The molecule has 2 aromatic rings. The van der Waals surface area contributed by atoms with Gasteiger partial charge in [-0.3, -0.25) is 0 Å². The smallest absolute Gasteiger partial charge is 0.190 e. The van der Waals surface area contributed by atoms with E-state index in [1.807, 2.05) is 12.5 Å². The Kier molecular flexibility index (Phi) is 4.79. The van der Waals surface area contributed by atoms with Crippen LogP contribution in [0.25, 0.3) is 0 Å². The van der Waals surface area contributed by atoms with Crippen LogP contribution in [0.4, 0.5) is 5.82 Å². The third-order valence-electron chi connectivity index (χ3n) is 2.23. The maximum Gasteiger partial charge on any atom is 0.190 e. The molecule has 0 fully saturated rings. The van der Waals surface area contributed by atoms with Crippen LogP contribution in [0.2, 0.25) is 5.15 Å². The molecular weight excluding hydrogens is 288 g/mol. The van der Waals surface area contributed by atoms with Crippen LogP contribution >= 0.6 is 34.7 Å². The summed E-state index contributed by atoms with van der Waals surface area (Å²) in [6.45, 7) is 2.78. The molecule has 0 radical (unpaired) electrons. The topological polar surface area (TPSA) is 50.7 Å². The van der Waals surface area contributed by atoms with Crippen molar-refractivity contribution in [2.24, 2.45) is 0 Å². The summed E-state index contributed by atoms with van der Waals surface area (Å²) < 4.78 is 0. The van der Waals surface area contributed by atoms with E-state index in [-0.39, 0.29) is 0 Å². The number of aryl methyl sites for hydroxylation is 1. The van der Waals surface area contributed by atoms with E-state index >= 15 is 0 Å². The van der Waals surface area contributed by atoms with E-state index in [4.69, 9.17) is 11.6 Å². The zero-order valence-corrected chi connectivity index (χ0v) is 12.5. The Morgan fingerprint density at radius 3 is 2.94 bits per heavy atom. The van der Waals surface area contributed by atoms with Crippen LogP contribution in [0.5, 0.6) is 0 Å². The number of rotatable bonds is 5. The van der Waals surface area contributed by atoms with Gasteiger partial charge in [-0.25, -0.2) is 15.0 Å². The number of thioether (sulfide) groups is 1. The molecule has 0 spiro atoms. The Bertz CT molecular complexity index is 530. The van der Waals surface area contributed by atoms with Crippen molar-refractivity contribution in [3.05, 3.63) is 27.3 Å². The molecule has 0 saturated heterocycles. The Hall–Kier alpha value is -0.850. The molecule has 96 valence electrons. The number of nitrogens with zero attached hydrogens (tertiary/aromatic N) is 3. The van der Waals surface area contributed by atoms with E-state index in [1.165, 1.54) is 16.6 Å². The van der Waals surface area contributed by atoms with Crippen LogP contribution in [0.1, 0.15) is 16.8 Å². The van der Waals surface area contributed by atoms with Crippen molar-refractivity contribution in [1.82, 2.24) is 15.0 Å². The molecule has 0 aliphatic carbocycles. The van der Waals surface area contributed by atoms with Gasteiger partial charge in [-0.05, 0) is 12.7 Å². The lowest BCUT2D eigenvalue weighted by atomic mass is 10.4. The SMILES string of the molecule is CCc1cnc(CNc2cc(Cl)nc(SC)n2)s1. The summed E-state index contributed by atoms with van der Waals surface area (Å²) in [4.78, 5) is 14.0. The van der Waals surface area contributed by atoms with Gasteiger partial charge in [0.1, 0.15) is 16.0 Å². The first-order valence-corrected chi connectivity index (χ1v) is 7.89. The highest BCUT2D eigenvalue weighted by Crippen LogP contribution is 2.19. The average molecular weight is 301 g/mol. The van der Waals surface area contributed by atoms with Crippen LogP contribution in [-0.2, 0) is 13.0 Å². The molecule has 4 nitrogen and oxygen atoms in total. The molecule has 18 heavy (non-hydrogen) atoms. The standard InChI is InChI=1S/C11H13ClN4S2/c1-3-7-5-14-10(18-7)6-13-9-4-8(12)15-11(16-9)17-2/h4-5H,3,6H2,1-2H3,(H,13,15,16). The largest absolute Gasteiger partial charge is 0.363 e. The lowest BCUT2D eigenvalue weighted by molar-refractivity contribution is 0.953. The van der Waals surface area contributed by atoms with Gasteiger partial charge in [0.05, 0.1) is 6.54 Å². The second kappa shape index (κ2) is 6.36. The van der Waals surface area contributed by atoms with Crippen molar-refractivity contribution >= 4 is 40.5 Å². The maximum absolute atomic E-state index is 5.92. The molecular formula is C11H13ClN4S2. The first-order valence-electron chi connectivity index (χ1n) is 5.47. The van der Waals surface area contributed by atoms with Crippen molar-refractivity contribution < 1.29 is 0 Å². The van der Waals surface area contributed by atoms with Crippen LogP contribution in [0, 0.1) is 0 Å². The van der Waals surface area contributed by atoms with E-state index < -0.39 is 0 Å². The van der Waals surface area contributed by atoms with Gasteiger partial charge in [-0.15, -0.1) is 11.3 Å². The number of nitrogens with one attached hydrogen (secondary N) is 1. The quantitative estimate of drug-likeness (QED) is 0.520. The predicted molar refractivity (Wildman–Crippen MR) is 77.6 cm³/mol. The first kappa shape index (κ1) is 13.6. The van der Waals surface area contributed by atoms with Crippen molar-refractivity contribution in [1.29, 1.82) is 0 Å². The van der Waals surface area contributed by atoms with Gasteiger partial charge in [0, 0.05) is 17.1 Å². The van der Waals surface area contributed by atoms with Gasteiger partial charge in [0.2, 0.25) is 0 Å². The molecule has 2 heterocycles. The summed E-state index contributed by atoms with van der Waals surface area (Å²) in [5.74, 6) is 0.729. The number of anilines is 1. The first-order chi connectivity index (χ1) is 8.71. The molecule has 0 unspecified atom stereocenters. The number of hydrogen-bond donors (Lipinski definition) is 1. The summed E-state index contributed by atoms with van der Waals surface area (Å²) in [5.41, 5.74) is 0. The molecule has 2 rings (SSSR count). The Morgan fingerprint density at radius 2 is 2.28 bits per heavy atom. The fraction of sp³-hybridized carbons (Fsp3) is 0.364. The minimum Gasteiger partial charge on any atom is -0.363 e. The minimum atomic E-state index is 0.449. The van der Waals surface area contributed by atoms with E-state index in [0.29, 0.717) is 16.9 Å². The van der Waals surface area contributed by atoms with E-state index in [0.717, 1.165) is 17.2 Å². The van der Waals surface area contributed by atoms with Gasteiger partial charge < -0.3 is 5.32 Å². The van der Waals surface area contributed by atoms with Gasteiger partial charge in [-0.2, -0.15) is 0 Å². The monoisotopic (exact) mass is 300 g/mol. The van der Waals surface area contributed by atoms with Crippen molar-refractivity contribution in [2.75, 3.05) is 11.6 Å². The highest BCUT2D eigenvalue weighted by Gasteiger charge is 2.04.